The standard InChI is InChI=1S/C18H24N6O/c1-12(17-21-22-23-24(17)16-8-9-16)20-18(25)19-11-13-6-7-14-4-2-3-5-15(14)10-13/h2-5,12-13,16H,6-11H2,1H3,(H2,19,20,25)/t12-,13+/m1/s1. The molecule has 7 heteroatoms. The van der Waals surface area contributed by atoms with Gasteiger partial charge in [0, 0.05) is 6.54 Å². The maximum Gasteiger partial charge on any atom is 0.315 e. The van der Waals surface area contributed by atoms with Crippen LogP contribution in [0.3, 0.4) is 0 Å². The number of fused-ring (bicyclic) bond motifs is 1. The number of hydrogen-bond acceptors (Lipinski definition) is 4. The topological polar surface area (TPSA) is 84.7 Å². The zero-order chi connectivity index (χ0) is 17.2. The Morgan fingerprint density at radius 2 is 2.08 bits per heavy atom. The molecule has 2 aliphatic rings. The van der Waals surface area contributed by atoms with E-state index in [0.717, 1.165) is 37.9 Å². The largest absolute Gasteiger partial charge is 0.338 e. The van der Waals surface area contributed by atoms with Crippen LogP contribution in [-0.4, -0.2) is 32.8 Å². The molecule has 1 fully saturated rings. The fraction of sp³-hybridized carbons (Fsp3) is 0.556. The second kappa shape index (κ2) is 6.82. The highest BCUT2D eigenvalue weighted by molar-refractivity contribution is 5.74. The number of rotatable bonds is 5. The predicted molar refractivity (Wildman–Crippen MR) is 93.0 cm³/mol. The summed E-state index contributed by atoms with van der Waals surface area (Å²) in [5.74, 6) is 1.22. The third kappa shape index (κ3) is 3.65. The number of hydrogen-bond donors (Lipinski definition) is 2. The van der Waals surface area contributed by atoms with Crippen LogP contribution in [-0.2, 0) is 12.8 Å². The van der Waals surface area contributed by atoms with Gasteiger partial charge in [-0.05, 0) is 66.5 Å². The van der Waals surface area contributed by atoms with Crippen LogP contribution >= 0.6 is 0 Å². The van der Waals surface area contributed by atoms with Gasteiger partial charge in [-0.1, -0.05) is 24.3 Å². The van der Waals surface area contributed by atoms with Gasteiger partial charge in [0.2, 0.25) is 0 Å². The molecule has 4 rings (SSSR count). The van der Waals surface area contributed by atoms with Crippen LogP contribution in [0, 0.1) is 5.92 Å². The number of nitrogens with zero attached hydrogens (tertiary/aromatic N) is 4. The van der Waals surface area contributed by atoms with E-state index < -0.39 is 0 Å². The van der Waals surface area contributed by atoms with Gasteiger partial charge < -0.3 is 10.6 Å². The monoisotopic (exact) mass is 340 g/mol. The normalized spacial score (nSPS) is 20.6. The average molecular weight is 340 g/mol. The van der Waals surface area contributed by atoms with Gasteiger partial charge in [-0.15, -0.1) is 5.10 Å². The van der Waals surface area contributed by atoms with E-state index in [1.165, 1.54) is 11.1 Å². The molecular weight excluding hydrogens is 316 g/mol. The second-order valence-corrected chi connectivity index (χ2v) is 7.17. The summed E-state index contributed by atoms with van der Waals surface area (Å²) in [6.45, 7) is 2.61. The number of benzene rings is 1. The van der Waals surface area contributed by atoms with Crippen molar-refractivity contribution >= 4 is 6.03 Å². The van der Waals surface area contributed by atoms with Gasteiger partial charge in [0.1, 0.15) is 0 Å². The minimum absolute atomic E-state index is 0.156. The van der Waals surface area contributed by atoms with Crippen LogP contribution in [0.25, 0.3) is 0 Å². The van der Waals surface area contributed by atoms with E-state index in [9.17, 15) is 4.79 Å². The Balaban J connectivity index is 1.27. The maximum absolute atomic E-state index is 12.2. The SMILES string of the molecule is C[C@@H](NC(=O)NC[C@H]1CCc2ccccc2C1)c1nnnn1C1CC1. The first kappa shape index (κ1) is 16.1. The molecule has 2 aromatic rings. The van der Waals surface area contributed by atoms with Crippen molar-refractivity contribution in [3.05, 3.63) is 41.2 Å². The number of urea groups is 1. The van der Waals surface area contributed by atoms with Crippen LogP contribution in [0.1, 0.15) is 55.2 Å². The highest BCUT2D eigenvalue weighted by Crippen LogP contribution is 2.35. The van der Waals surface area contributed by atoms with Gasteiger partial charge in [0.05, 0.1) is 12.1 Å². The summed E-state index contributed by atoms with van der Waals surface area (Å²) in [5.41, 5.74) is 2.86. The van der Waals surface area contributed by atoms with Crippen molar-refractivity contribution in [3.63, 3.8) is 0 Å². The van der Waals surface area contributed by atoms with Gasteiger partial charge in [-0.3, -0.25) is 0 Å². The van der Waals surface area contributed by atoms with Crippen LogP contribution in [0.2, 0.25) is 0 Å². The Morgan fingerprint density at radius 3 is 2.88 bits per heavy atom. The molecule has 2 atom stereocenters. The van der Waals surface area contributed by atoms with Crippen molar-refractivity contribution in [1.29, 1.82) is 0 Å². The molecule has 2 N–H and O–H groups in total. The zero-order valence-electron chi connectivity index (χ0n) is 14.5. The van der Waals surface area contributed by atoms with E-state index in [2.05, 4.69) is 50.4 Å². The molecule has 0 spiro atoms. The van der Waals surface area contributed by atoms with Crippen LogP contribution in [0.4, 0.5) is 4.79 Å². The summed E-state index contributed by atoms with van der Waals surface area (Å²) in [5, 5.41) is 17.8. The number of amides is 2. The smallest absolute Gasteiger partial charge is 0.315 e. The average Bonchev–Trinajstić information content (AvgIpc) is 3.36. The van der Waals surface area contributed by atoms with E-state index in [-0.39, 0.29) is 12.1 Å². The van der Waals surface area contributed by atoms with E-state index in [0.29, 0.717) is 18.5 Å². The highest BCUT2D eigenvalue weighted by atomic mass is 16.2. The molecule has 1 saturated carbocycles. The highest BCUT2D eigenvalue weighted by Gasteiger charge is 2.30. The zero-order valence-corrected chi connectivity index (χ0v) is 14.5. The second-order valence-electron chi connectivity index (χ2n) is 7.17. The molecule has 0 saturated heterocycles. The minimum Gasteiger partial charge on any atom is -0.338 e. The third-order valence-electron chi connectivity index (χ3n) is 5.15. The lowest BCUT2D eigenvalue weighted by molar-refractivity contribution is 0.234. The number of nitrogens with one attached hydrogen (secondary N) is 2. The van der Waals surface area contributed by atoms with Gasteiger partial charge >= 0.3 is 6.03 Å². The van der Waals surface area contributed by atoms with Crippen molar-refractivity contribution in [2.24, 2.45) is 5.92 Å². The fourth-order valence-electron chi connectivity index (χ4n) is 3.56. The van der Waals surface area contributed by atoms with Gasteiger partial charge in [0.25, 0.3) is 0 Å². The Kier molecular flexibility index (Phi) is 4.38. The fourth-order valence-corrected chi connectivity index (χ4v) is 3.56. The first-order chi connectivity index (χ1) is 12.2. The van der Waals surface area contributed by atoms with Gasteiger partial charge in [-0.25, -0.2) is 9.48 Å². The summed E-state index contributed by atoms with van der Waals surface area (Å²) in [4.78, 5) is 12.2. The van der Waals surface area contributed by atoms with Gasteiger partial charge in [-0.2, -0.15) is 0 Å². The minimum atomic E-state index is -0.206. The number of aryl methyl sites for hydroxylation is 1. The molecule has 132 valence electrons. The summed E-state index contributed by atoms with van der Waals surface area (Å²) in [6.07, 6.45) is 5.47. The first-order valence-corrected chi connectivity index (χ1v) is 9.09. The molecule has 0 bridgehead atoms. The van der Waals surface area contributed by atoms with Crippen LogP contribution in [0.5, 0.6) is 0 Å². The molecule has 1 aromatic heterocycles. The molecule has 2 aliphatic carbocycles. The predicted octanol–water partition coefficient (Wildman–Crippen LogP) is 2.17. The molecule has 0 aliphatic heterocycles. The summed E-state index contributed by atoms with van der Waals surface area (Å²) in [7, 11) is 0. The lowest BCUT2D eigenvalue weighted by Gasteiger charge is -2.25. The van der Waals surface area contributed by atoms with Gasteiger partial charge in [0.15, 0.2) is 5.82 Å². The molecule has 25 heavy (non-hydrogen) atoms. The third-order valence-corrected chi connectivity index (χ3v) is 5.15. The lowest BCUT2D eigenvalue weighted by Crippen LogP contribution is -2.41. The van der Waals surface area contributed by atoms with Crippen molar-refractivity contribution in [3.8, 4) is 0 Å². The van der Waals surface area contributed by atoms with E-state index in [4.69, 9.17) is 0 Å². The van der Waals surface area contributed by atoms with E-state index >= 15 is 0 Å². The number of carbonyl (C=O) groups excluding carboxylic acids is 1. The first-order valence-electron chi connectivity index (χ1n) is 9.09. The summed E-state index contributed by atoms with van der Waals surface area (Å²) >= 11 is 0. The van der Waals surface area contributed by atoms with E-state index in [1.807, 2.05) is 11.6 Å². The molecule has 2 amide bonds. The Bertz CT molecular complexity index is 754. The van der Waals surface area contributed by atoms with Crippen molar-refractivity contribution < 1.29 is 4.79 Å². The molecule has 0 radical (unpaired) electrons. The van der Waals surface area contributed by atoms with Crippen LogP contribution in [0.15, 0.2) is 24.3 Å². The van der Waals surface area contributed by atoms with Crippen molar-refractivity contribution in [2.75, 3.05) is 6.54 Å². The van der Waals surface area contributed by atoms with E-state index in [1.54, 1.807) is 0 Å². The number of carbonyl (C=O) groups is 1. The number of tetrazole rings is 1. The Hall–Kier alpha value is -2.44. The number of aromatic nitrogens is 4. The van der Waals surface area contributed by atoms with Crippen LogP contribution < -0.4 is 10.6 Å². The molecule has 0 unspecified atom stereocenters. The lowest BCUT2D eigenvalue weighted by atomic mass is 9.84. The Morgan fingerprint density at radius 1 is 1.28 bits per heavy atom. The Labute approximate surface area is 147 Å². The van der Waals surface area contributed by atoms with Crippen molar-refractivity contribution in [1.82, 2.24) is 30.8 Å². The van der Waals surface area contributed by atoms with Crippen molar-refractivity contribution in [2.45, 2.75) is 51.1 Å². The summed E-state index contributed by atoms with van der Waals surface area (Å²) < 4.78 is 1.84. The maximum atomic E-state index is 12.2. The molecular formula is C18H24N6O. The quantitative estimate of drug-likeness (QED) is 0.874. The molecule has 1 aromatic carbocycles. The molecule has 1 heterocycles. The summed E-state index contributed by atoms with van der Waals surface area (Å²) in [6, 6.07) is 8.63. The molecule has 7 nitrogen and oxygen atoms in total.